The third-order valence-corrected chi connectivity index (χ3v) is 5.29. The zero-order valence-corrected chi connectivity index (χ0v) is 16.5. The van der Waals surface area contributed by atoms with Gasteiger partial charge in [0.25, 0.3) is 21.9 Å². The molecule has 2 heterocycles. The highest BCUT2D eigenvalue weighted by atomic mass is 32.2. The Labute approximate surface area is 172 Å². The van der Waals surface area contributed by atoms with E-state index >= 15 is 0 Å². The summed E-state index contributed by atoms with van der Waals surface area (Å²) in [7, 11) is -4.33. The summed E-state index contributed by atoms with van der Waals surface area (Å²) in [4.78, 5) is 27.7. The number of amides is 2. The van der Waals surface area contributed by atoms with Gasteiger partial charge >= 0.3 is 0 Å². The van der Waals surface area contributed by atoms with E-state index in [0.29, 0.717) is 26.2 Å². The highest BCUT2D eigenvalue weighted by Crippen LogP contribution is 2.15. The van der Waals surface area contributed by atoms with E-state index in [4.69, 9.17) is 8.97 Å². The SMILES string of the molecule is N#C/C(=C/N1CCN(C(=O)c2ccco2)CC1)C(=O)Nc1ccc(S(=O)(=O)O)cc1. The van der Waals surface area contributed by atoms with Gasteiger partial charge in [-0.2, -0.15) is 13.7 Å². The molecule has 30 heavy (non-hydrogen) atoms. The Balaban J connectivity index is 1.60. The van der Waals surface area contributed by atoms with Gasteiger partial charge in [-0.15, -0.1) is 0 Å². The average molecular weight is 430 g/mol. The molecule has 2 aromatic rings. The molecule has 156 valence electrons. The Hall–Kier alpha value is -3.62. The van der Waals surface area contributed by atoms with E-state index in [9.17, 15) is 23.3 Å². The number of furan rings is 1. The molecule has 10 nitrogen and oxygen atoms in total. The van der Waals surface area contributed by atoms with Crippen LogP contribution in [-0.4, -0.2) is 60.8 Å². The lowest BCUT2D eigenvalue weighted by atomic mass is 10.2. The molecule has 3 rings (SSSR count). The summed E-state index contributed by atoms with van der Waals surface area (Å²) in [6, 6.07) is 9.94. The number of carbonyl (C=O) groups is 2. The highest BCUT2D eigenvalue weighted by molar-refractivity contribution is 7.85. The summed E-state index contributed by atoms with van der Waals surface area (Å²) in [5, 5.41) is 11.8. The van der Waals surface area contributed by atoms with Crippen LogP contribution in [0.3, 0.4) is 0 Å². The van der Waals surface area contributed by atoms with Crippen molar-refractivity contribution in [2.75, 3.05) is 31.5 Å². The van der Waals surface area contributed by atoms with Crippen molar-refractivity contribution in [3.05, 3.63) is 60.2 Å². The fourth-order valence-electron chi connectivity index (χ4n) is 2.84. The second kappa shape index (κ2) is 8.81. The number of piperazine rings is 1. The van der Waals surface area contributed by atoms with Gasteiger partial charge < -0.3 is 19.5 Å². The van der Waals surface area contributed by atoms with Crippen molar-refractivity contribution in [1.82, 2.24) is 9.80 Å². The van der Waals surface area contributed by atoms with Gasteiger partial charge in [0.05, 0.1) is 11.2 Å². The van der Waals surface area contributed by atoms with Crippen molar-refractivity contribution in [2.24, 2.45) is 0 Å². The van der Waals surface area contributed by atoms with Gasteiger partial charge in [0.15, 0.2) is 5.76 Å². The Morgan fingerprint density at radius 1 is 1.13 bits per heavy atom. The summed E-state index contributed by atoms with van der Waals surface area (Å²) in [5.74, 6) is -0.613. The van der Waals surface area contributed by atoms with E-state index in [1.807, 2.05) is 6.07 Å². The van der Waals surface area contributed by atoms with E-state index in [-0.39, 0.29) is 27.8 Å². The monoisotopic (exact) mass is 430 g/mol. The van der Waals surface area contributed by atoms with Crippen LogP contribution in [0.25, 0.3) is 0 Å². The molecule has 1 aromatic carbocycles. The van der Waals surface area contributed by atoms with Gasteiger partial charge in [-0.05, 0) is 36.4 Å². The molecule has 0 saturated carbocycles. The lowest BCUT2D eigenvalue weighted by Crippen LogP contribution is -2.47. The molecule has 0 aliphatic carbocycles. The number of hydrogen-bond donors (Lipinski definition) is 2. The topological polar surface area (TPSA) is 144 Å². The van der Waals surface area contributed by atoms with Crippen LogP contribution in [0.5, 0.6) is 0 Å². The summed E-state index contributed by atoms with van der Waals surface area (Å²) in [6.45, 7) is 1.70. The quantitative estimate of drug-likeness (QED) is 0.411. The molecule has 0 radical (unpaired) electrons. The molecule has 0 spiro atoms. The molecule has 1 saturated heterocycles. The minimum Gasteiger partial charge on any atom is -0.459 e. The first-order valence-electron chi connectivity index (χ1n) is 8.85. The third-order valence-electron chi connectivity index (χ3n) is 4.42. The van der Waals surface area contributed by atoms with Gasteiger partial charge in [-0.3, -0.25) is 14.1 Å². The Morgan fingerprint density at radius 2 is 1.80 bits per heavy atom. The number of benzene rings is 1. The second-order valence-electron chi connectivity index (χ2n) is 6.41. The maximum Gasteiger partial charge on any atom is 0.294 e. The van der Waals surface area contributed by atoms with Crippen molar-refractivity contribution in [3.63, 3.8) is 0 Å². The van der Waals surface area contributed by atoms with Gasteiger partial charge in [-0.25, -0.2) is 0 Å². The van der Waals surface area contributed by atoms with Crippen LogP contribution in [0.2, 0.25) is 0 Å². The smallest absolute Gasteiger partial charge is 0.294 e. The summed E-state index contributed by atoms with van der Waals surface area (Å²) in [5.41, 5.74) is 0.127. The zero-order valence-electron chi connectivity index (χ0n) is 15.7. The lowest BCUT2D eigenvalue weighted by molar-refractivity contribution is -0.112. The number of carbonyl (C=O) groups excluding carboxylic acids is 2. The molecule has 1 fully saturated rings. The molecule has 0 atom stereocenters. The van der Waals surface area contributed by atoms with Crippen LogP contribution in [0, 0.1) is 11.3 Å². The van der Waals surface area contributed by atoms with E-state index in [1.165, 1.54) is 24.6 Å². The van der Waals surface area contributed by atoms with Crippen LogP contribution in [0.15, 0.2) is 63.7 Å². The third kappa shape index (κ3) is 5.05. The first kappa shape index (κ1) is 21.1. The number of nitriles is 1. The standard InChI is InChI=1S/C19H18N4O6S/c20-12-14(18(24)21-15-3-5-16(6-4-15)30(26,27)28)13-22-7-9-23(10-8-22)19(25)17-2-1-11-29-17/h1-6,11,13H,7-10H2,(H,21,24)(H,26,27,28)/b14-13-. The van der Waals surface area contributed by atoms with Crippen molar-refractivity contribution < 1.29 is 27.0 Å². The predicted octanol–water partition coefficient (Wildman–Crippen LogP) is 1.33. The Kier molecular flexibility index (Phi) is 6.20. The molecule has 2 N–H and O–H groups in total. The summed E-state index contributed by atoms with van der Waals surface area (Å²) >= 11 is 0. The van der Waals surface area contributed by atoms with Gasteiger partial charge in [0, 0.05) is 38.1 Å². The number of hydrogen-bond acceptors (Lipinski definition) is 7. The molecule has 1 aliphatic heterocycles. The van der Waals surface area contributed by atoms with Crippen LogP contribution in [0.1, 0.15) is 10.6 Å². The number of rotatable bonds is 5. The first-order valence-corrected chi connectivity index (χ1v) is 10.3. The Morgan fingerprint density at radius 3 is 2.33 bits per heavy atom. The molecule has 0 unspecified atom stereocenters. The number of anilines is 1. The number of nitrogens with one attached hydrogen (secondary N) is 1. The van der Waals surface area contributed by atoms with Crippen molar-refractivity contribution in [2.45, 2.75) is 4.90 Å². The molecular formula is C19H18N4O6S. The number of nitrogens with zero attached hydrogens (tertiary/aromatic N) is 3. The van der Waals surface area contributed by atoms with Gasteiger partial charge in [-0.1, -0.05) is 0 Å². The first-order chi connectivity index (χ1) is 14.3. The zero-order chi connectivity index (χ0) is 21.7. The van der Waals surface area contributed by atoms with E-state index in [1.54, 1.807) is 21.9 Å². The summed E-state index contributed by atoms with van der Waals surface area (Å²) in [6.07, 6.45) is 2.86. The maximum absolute atomic E-state index is 12.4. The van der Waals surface area contributed by atoms with Crippen molar-refractivity contribution >= 4 is 27.6 Å². The molecule has 11 heteroatoms. The maximum atomic E-state index is 12.4. The van der Waals surface area contributed by atoms with E-state index < -0.39 is 16.0 Å². The molecular weight excluding hydrogens is 412 g/mol. The van der Waals surface area contributed by atoms with E-state index in [2.05, 4.69) is 5.32 Å². The minimum absolute atomic E-state index is 0.139. The van der Waals surface area contributed by atoms with Crippen LogP contribution >= 0.6 is 0 Å². The largest absolute Gasteiger partial charge is 0.459 e. The van der Waals surface area contributed by atoms with Crippen LogP contribution in [-0.2, 0) is 14.9 Å². The fraction of sp³-hybridized carbons (Fsp3) is 0.211. The summed E-state index contributed by atoms with van der Waals surface area (Å²) < 4.78 is 36.2. The van der Waals surface area contributed by atoms with Crippen LogP contribution < -0.4 is 5.32 Å². The van der Waals surface area contributed by atoms with Gasteiger partial charge in [0.1, 0.15) is 11.6 Å². The fourth-order valence-corrected chi connectivity index (χ4v) is 3.32. The lowest BCUT2D eigenvalue weighted by Gasteiger charge is -2.33. The molecule has 1 aromatic heterocycles. The van der Waals surface area contributed by atoms with Crippen molar-refractivity contribution in [3.8, 4) is 6.07 Å². The van der Waals surface area contributed by atoms with Crippen molar-refractivity contribution in [1.29, 1.82) is 5.26 Å². The average Bonchev–Trinajstić information content (AvgIpc) is 3.26. The Bertz CT molecular complexity index is 1090. The van der Waals surface area contributed by atoms with Crippen LogP contribution in [0.4, 0.5) is 5.69 Å². The normalized spacial score (nSPS) is 14.9. The highest BCUT2D eigenvalue weighted by Gasteiger charge is 2.23. The molecule has 2 amide bonds. The predicted molar refractivity (Wildman–Crippen MR) is 105 cm³/mol. The molecule has 0 bridgehead atoms. The van der Waals surface area contributed by atoms with Gasteiger partial charge in [0.2, 0.25) is 0 Å². The minimum atomic E-state index is -4.33. The second-order valence-corrected chi connectivity index (χ2v) is 7.84. The van der Waals surface area contributed by atoms with E-state index in [0.717, 1.165) is 12.1 Å². The molecule has 1 aliphatic rings.